The molecule has 0 radical (unpaired) electrons. The van der Waals surface area contributed by atoms with Crippen molar-refractivity contribution in [1.82, 2.24) is 40.2 Å². The van der Waals surface area contributed by atoms with Crippen molar-refractivity contribution in [3.8, 4) is 0 Å². The Morgan fingerprint density at radius 1 is 0.869 bits per heavy atom. The molecular formula is C45H49N11O5. The van der Waals surface area contributed by atoms with Crippen LogP contribution in [0.4, 0.5) is 28.8 Å². The first kappa shape index (κ1) is 39.8. The lowest BCUT2D eigenvalue weighted by Gasteiger charge is -2.35. The van der Waals surface area contributed by atoms with E-state index in [1.807, 2.05) is 29.1 Å². The number of amides is 5. The third-order valence-corrected chi connectivity index (χ3v) is 12.2. The summed E-state index contributed by atoms with van der Waals surface area (Å²) in [6, 6.07) is 16.8. The number of para-hydroxylation sites is 1. The minimum absolute atomic E-state index is 0.0127. The number of aryl methyl sites for hydroxylation is 2. The highest BCUT2D eigenvalue weighted by Crippen LogP contribution is 2.33. The van der Waals surface area contributed by atoms with Gasteiger partial charge in [-0.2, -0.15) is 10.1 Å². The predicted molar refractivity (Wildman–Crippen MR) is 230 cm³/mol. The van der Waals surface area contributed by atoms with Crippen molar-refractivity contribution in [2.24, 2.45) is 0 Å². The van der Waals surface area contributed by atoms with Crippen LogP contribution in [0.5, 0.6) is 0 Å². The van der Waals surface area contributed by atoms with Crippen molar-refractivity contribution in [2.75, 3.05) is 41.7 Å². The van der Waals surface area contributed by atoms with E-state index in [0.717, 1.165) is 75.5 Å². The first-order valence-electron chi connectivity index (χ1n) is 21.0. The van der Waals surface area contributed by atoms with Crippen LogP contribution in [0.25, 0.3) is 11.0 Å². The van der Waals surface area contributed by atoms with E-state index in [1.54, 1.807) is 12.1 Å². The number of nitrogens with zero attached hydrogens (tertiary/aromatic N) is 7. The number of fused-ring (bicyclic) bond motifs is 3. The first-order chi connectivity index (χ1) is 29.4. The Morgan fingerprint density at radius 2 is 1.64 bits per heavy atom. The van der Waals surface area contributed by atoms with Crippen molar-refractivity contribution >= 4 is 69.4 Å². The summed E-state index contributed by atoms with van der Waals surface area (Å²) >= 11 is 0. The predicted octanol–water partition coefficient (Wildman–Crippen LogP) is 5.06. The average Bonchev–Trinajstić information content (AvgIpc) is 3.72. The van der Waals surface area contributed by atoms with Crippen LogP contribution in [0.3, 0.4) is 0 Å². The maximum atomic E-state index is 13.3. The fourth-order valence-electron chi connectivity index (χ4n) is 8.94. The van der Waals surface area contributed by atoms with Gasteiger partial charge in [0.2, 0.25) is 23.7 Å². The zero-order valence-electron chi connectivity index (χ0n) is 34.7. The van der Waals surface area contributed by atoms with E-state index >= 15 is 0 Å². The Kier molecular flexibility index (Phi) is 10.5. The molecule has 1 unspecified atom stereocenters. The lowest BCUT2D eigenvalue weighted by molar-refractivity contribution is -0.136. The fourth-order valence-corrected chi connectivity index (χ4v) is 8.94. The summed E-state index contributed by atoms with van der Waals surface area (Å²) in [4.78, 5) is 78.8. The molecule has 9 rings (SSSR count). The molecule has 5 amide bonds. The minimum Gasteiger partial charge on any atom is -0.371 e. The lowest BCUT2D eigenvalue weighted by atomic mass is 9.99. The van der Waals surface area contributed by atoms with Crippen molar-refractivity contribution in [1.29, 1.82) is 0 Å². The Balaban J connectivity index is 0.791. The van der Waals surface area contributed by atoms with E-state index in [9.17, 15) is 24.0 Å². The molecule has 0 aliphatic carbocycles. The second-order valence-corrected chi connectivity index (χ2v) is 16.8. The molecule has 0 bridgehead atoms. The molecule has 5 aromatic rings. The van der Waals surface area contributed by atoms with Gasteiger partial charge in [-0.3, -0.25) is 39.1 Å². The van der Waals surface area contributed by atoms with E-state index in [-0.39, 0.29) is 42.0 Å². The molecule has 16 heteroatoms. The monoisotopic (exact) mass is 823 g/mol. The number of aromatic nitrogens is 4. The van der Waals surface area contributed by atoms with Crippen LogP contribution >= 0.6 is 0 Å². The summed E-state index contributed by atoms with van der Waals surface area (Å²) in [7, 11) is 0. The smallest absolute Gasteiger partial charge is 0.262 e. The molecule has 2 saturated heterocycles. The summed E-state index contributed by atoms with van der Waals surface area (Å²) in [6.07, 6.45) is 4.29. The molecule has 16 nitrogen and oxygen atoms in total. The summed E-state index contributed by atoms with van der Waals surface area (Å²) < 4.78 is 1.92. The second-order valence-electron chi connectivity index (χ2n) is 16.8. The van der Waals surface area contributed by atoms with Gasteiger partial charge >= 0.3 is 0 Å². The van der Waals surface area contributed by atoms with E-state index in [4.69, 9.17) is 10.1 Å². The molecule has 4 aliphatic heterocycles. The maximum absolute atomic E-state index is 13.3. The molecule has 4 N–H and O–H groups in total. The van der Waals surface area contributed by atoms with Crippen LogP contribution in [-0.2, 0) is 27.3 Å². The van der Waals surface area contributed by atoms with Crippen LogP contribution in [0, 0.1) is 13.8 Å². The van der Waals surface area contributed by atoms with Gasteiger partial charge in [-0.1, -0.05) is 24.3 Å². The third kappa shape index (κ3) is 7.78. The summed E-state index contributed by atoms with van der Waals surface area (Å²) in [5.41, 5.74) is 8.63. The number of rotatable bonds is 10. The highest BCUT2D eigenvalue weighted by Gasteiger charge is 2.45. The first-order valence-corrected chi connectivity index (χ1v) is 21.0. The van der Waals surface area contributed by atoms with Crippen LogP contribution in [0.15, 0.2) is 60.8 Å². The highest BCUT2D eigenvalue weighted by molar-refractivity contribution is 6.23. The Bertz CT molecular complexity index is 2590. The summed E-state index contributed by atoms with van der Waals surface area (Å²) in [5, 5.41) is 18.1. The molecule has 3 aromatic carbocycles. The van der Waals surface area contributed by atoms with Crippen molar-refractivity contribution in [3.63, 3.8) is 0 Å². The zero-order chi connectivity index (χ0) is 42.5. The fraction of sp³-hybridized carbons (Fsp3) is 0.378. The molecular weight excluding hydrogens is 775 g/mol. The largest absolute Gasteiger partial charge is 0.371 e. The van der Waals surface area contributed by atoms with Gasteiger partial charge in [0.15, 0.2) is 11.5 Å². The van der Waals surface area contributed by atoms with Gasteiger partial charge in [0, 0.05) is 67.9 Å². The SMILES string of the molecule is Cc1cccc(C)c1Nc1nn(C(C)C)c2nc(Nc3ccc4c(c3)CN(CC(=O)NC3CCN(c5ccc6c(c5)C(=O)N(C5CCC(=O)NC5=O)C6=O)CC3)CC4)ncc12. The molecule has 0 saturated carbocycles. The average molecular weight is 824 g/mol. The van der Waals surface area contributed by atoms with Crippen molar-refractivity contribution in [3.05, 3.63) is 94.2 Å². The van der Waals surface area contributed by atoms with Gasteiger partial charge in [-0.25, -0.2) is 9.67 Å². The molecule has 2 aromatic heterocycles. The maximum Gasteiger partial charge on any atom is 0.262 e. The quantitative estimate of drug-likeness (QED) is 0.138. The number of carbonyl (C=O) groups excluding carboxylic acids is 5. The van der Waals surface area contributed by atoms with Crippen molar-refractivity contribution in [2.45, 2.75) is 84.5 Å². The lowest BCUT2D eigenvalue weighted by Crippen LogP contribution is -2.54. The third-order valence-electron chi connectivity index (χ3n) is 12.2. The van der Waals surface area contributed by atoms with E-state index in [0.29, 0.717) is 37.9 Å². The van der Waals surface area contributed by atoms with E-state index < -0.39 is 29.7 Å². The number of hydrogen-bond acceptors (Lipinski definition) is 12. The Morgan fingerprint density at radius 3 is 2.39 bits per heavy atom. The topological polar surface area (TPSA) is 187 Å². The van der Waals surface area contributed by atoms with Gasteiger partial charge in [0.25, 0.3) is 11.8 Å². The van der Waals surface area contributed by atoms with E-state index in [1.165, 1.54) is 5.56 Å². The molecule has 0 spiro atoms. The van der Waals surface area contributed by atoms with Gasteiger partial charge in [-0.05, 0) is 106 Å². The summed E-state index contributed by atoms with van der Waals surface area (Å²) in [5.74, 6) is -0.905. The number of piperidine rings is 2. The number of carbonyl (C=O) groups is 5. The number of hydrogen-bond donors (Lipinski definition) is 4. The summed E-state index contributed by atoms with van der Waals surface area (Å²) in [6.45, 7) is 11.4. The Hall–Kier alpha value is -6.68. The van der Waals surface area contributed by atoms with Crippen LogP contribution < -0.4 is 26.2 Å². The standard InChI is InChI=1S/C45H49N11O5/c1-25(2)56-41-35(40(52-56)50-39-26(3)6-5-7-27(39)4)22-46-45(51-41)48-31-9-8-28-14-17-53(23-29(28)20-31)24-38(58)47-30-15-18-54(19-16-30)32-10-11-33-34(21-32)44(61)55(43(33)60)36-12-13-37(57)49-42(36)59/h5-11,20-22,25,30,36H,12-19,23-24H2,1-4H3,(H,47,58)(H,50,52)(H,46,48,51)(H,49,57,59). The molecule has 2 fully saturated rings. The molecule has 1 atom stereocenters. The van der Waals surface area contributed by atoms with Crippen LogP contribution in [0.2, 0.25) is 0 Å². The Labute approximate surface area is 353 Å². The zero-order valence-corrected chi connectivity index (χ0v) is 34.7. The molecule has 314 valence electrons. The number of nitrogens with one attached hydrogen (secondary N) is 4. The van der Waals surface area contributed by atoms with Gasteiger partial charge in [0.1, 0.15) is 6.04 Å². The van der Waals surface area contributed by atoms with E-state index in [2.05, 4.69) is 88.0 Å². The van der Waals surface area contributed by atoms with Gasteiger partial charge in [-0.15, -0.1) is 0 Å². The van der Waals surface area contributed by atoms with Crippen LogP contribution in [-0.4, -0.2) is 97.3 Å². The normalized spacial score (nSPS) is 18.4. The number of anilines is 5. The van der Waals surface area contributed by atoms with Crippen molar-refractivity contribution < 1.29 is 24.0 Å². The number of imide groups is 2. The van der Waals surface area contributed by atoms with Crippen LogP contribution in [0.1, 0.15) is 88.5 Å². The highest BCUT2D eigenvalue weighted by atomic mass is 16.2. The number of benzene rings is 3. The molecule has 61 heavy (non-hydrogen) atoms. The van der Waals surface area contributed by atoms with Gasteiger partial charge in [0.05, 0.1) is 23.1 Å². The van der Waals surface area contributed by atoms with Gasteiger partial charge < -0.3 is 20.9 Å². The second kappa shape index (κ2) is 16.1. The molecule has 6 heterocycles. The molecule has 4 aliphatic rings. The minimum atomic E-state index is -1.00.